The molecule has 1 heteroatoms. The molecule has 106 valence electrons. The number of unbranched alkanes of at least 4 members (excludes halogenated alkanes) is 10. The Labute approximate surface area is 124 Å². The van der Waals surface area contributed by atoms with Gasteiger partial charge < -0.3 is 13.8 Å². The predicted octanol–water partition coefficient (Wildman–Crippen LogP) is 6.36. The van der Waals surface area contributed by atoms with E-state index in [-0.39, 0.29) is 19.5 Å². The van der Waals surface area contributed by atoms with Crippen LogP contribution in [0.25, 0.3) is 0 Å². The van der Waals surface area contributed by atoms with E-state index in [0.717, 1.165) is 12.8 Å². The molecule has 0 N–H and O–H groups in total. The van der Waals surface area contributed by atoms with Gasteiger partial charge in [0.2, 0.25) is 0 Å². The molecule has 0 saturated heterocycles. The van der Waals surface area contributed by atoms with Crippen LogP contribution >= 0.6 is 0 Å². The molecule has 0 saturated carbocycles. The molecule has 0 atom stereocenters. The molecule has 0 aromatic heterocycles. The fourth-order valence-corrected chi connectivity index (χ4v) is 1.56. The molecule has 0 aromatic rings. The molecule has 0 rings (SSSR count). The summed E-state index contributed by atoms with van der Waals surface area (Å²) in [4.78, 5) is 0. The third-order valence-electron chi connectivity index (χ3n) is 2.71. The molecule has 0 aliphatic carbocycles. The second kappa shape index (κ2) is 25.5. The maximum absolute atomic E-state index is 3.78. The van der Waals surface area contributed by atoms with Crippen LogP contribution in [-0.2, 0) is 19.5 Å². The smallest absolute Gasteiger partial charge is 0.343 e. The van der Waals surface area contributed by atoms with E-state index in [1.807, 2.05) is 0 Å². The average Bonchev–Trinajstić information content (AvgIpc) is 2.31. The van der Waals surface area contributed by atoms with Gasteiger partial charge >= 0.3 is 19.5 Å². The molecule has 0 spiro atoms. The van der Waals surface area contributed by atoms with Gasteiger partial charge in [0.1, 0.15) is 0 Å². The van der Waals surface area contributed by atoms with E-state index in [1.54, 1.807) is 0 Å². The van der Waals surface area contributed by atoms with E-state index in [0.29, 0.717) is 0 Å². The van der Waals surface area contributed by atoms with Crippen LogP contribution in [0.2, 0.25) is 0 Å². The molecular formula is C16H34Ru. The van der Waals surface area contributed by atoms with Gasteiger partial charge in [0.15, 0.2) is 0 Å². The average molecular weight is 328 g/mol. The van der Waals surface area contributed by atoms with Crippen LogP contribution in [0.1, 0.15) is 90.9 Å². The quantitative estimate of drug-likeness (QED) is 0.249. The maximum atomic E-state index is 3.78. The molecule has 0 aliphatic heterocycles. The van der Waals surface area contributed by atoms with Crippen LogP contribution in [0.15, 0.2) is 0 Å². The van der Waals surface area contributed by atoms with Crippen molar-refractivity contribution in [3.05, 3.63) is 13.8 Å². The van der Waals surface area contributed by atoms with Crippen molar-refractivity contribution in [2.24, 2.45) is 0 Å². The van der Waals surface area contributed by atoms with Crippen LogP contribution < -0.4 is 0 Å². The Morgan fingerprint density at radius 1 is 0.529 bits per heavy atom. The standard InChI is InChI=1S/2C8H17.Ru/c2*1-3-5-7-8-6-4-2;/h2*1,3-8H2,2H3;/q2*-1;+2. The summed E-state index contributed by atoms with van der Waals surface area (Å²) in [6, 6.07) is 0. The van der Waals surface area contributed by atoms with Crippen molar-refractivity contribution < 1.29 is 19.5 Å². The summed E-state index contributed by atoms with van der Waals surface area (Å²) in [5, 5.41) is 0. The van der Waals surface area contributed by atoms with E-state index in [2.05, 4.69) is 27.7 Å². The molecular weight excluding hydrogens is 293 g/mol. The minimum atomic E-state index is 0. The Hall–Kier alpha value is 0.623. The first kappa shape index (κ1) is 22.8. The largest absolute Gasteiger partial charge is 2.00 e. The maximum Gasteiger partial charge on any atom is 2.00 e. The molecule has 0 nitrogen and oxygen atoms in total. The number of hydrogen-bond donors (Lipinski definition) is 0. The minimum Gasteiger partial charge on any atom is -0.343 e. The van der Waals surface area contributed by atoms with E-state index in [4.69, 9.17) is 0 Å². The first-order valence-corrected chi connectivity index (χ1v) is 7.41. The van der Waals surface area contributed by atoms with Gasteiger partial charge in [-0.2, -0.15) is 12.8 Å². The van der Waals surface area contributed by atoms with Crippen LogP contribution in [0, 0.1) is 13.8 Å². The first-order chi connectivity index (χ1) is 7.83. The summed E-state index contributed by atoms with van der Waals surface area (Å²) >= 11 is 0. The number of rotatable bonds is 10. The van der Waals surface area contributed by atoms with E-state index < -0.39 is 0 Å². The Balaban J connectivity index is -0.000000218. The molecule has 0 aromatic carbocycles. The van der Waals surface area contributed by atoms with Gasteiger partial charge in [-0.25, -0.2) is 0 Å². The summed E-state index contributed by atoms with van der Waals surface area (Å²) < 4.78 is 0. The molecule has 0 unspecified atom stereocenters. The van der Waals surface area contributed by atoms with Crippen molar-refractivity contribution in [2.75, 3.05) is 0 Å². The van der Waals surface area contributed by atoms with Crippen LogP contribution in [-0.4, -0.2) is 0 Å². The third-order valence-corrected chi connectivity index (χ3v) is 2.71. The molecule has 0 amide bonds. The SMILES string of the molecule is [CH2-]CCCCCCC.[CH2-]CCCCCCC.[Ru+2]. The minimum absolute atomic E-state index is 0. The molecule has 0 radical (unpaired) electrons. The molecule has 0 bridgehead atoms. The number of hydrogen-bond acceptors (Lipinski definition) is 0. The molecule has 0 heterocycles. The Bertz CT molecular complexity index is 67.5. The molecule has 0 aliphatic rings. The molecule has 17 heavy (non-hydrogen) atoms. The fourth-order valence-electron chi connectivity index (χ4n) is 1.56. The van der Waals surface area contributed by atoms with Crippen LogP contribution in [0.5, 0.6) is 0 Å². The van der Waals surface area contributed by atoms with E-state index in [9.17, 15) is 0 Å². The normalized spacial score (nSPS) is 9.18. The summed E-state index contributed by atoms with van der Waals surface area (Å²) in [5.41, 5.74) is 0. The monoisotopic (exact) mass is 328 g/mol. The predicted molar refractivity (Wildman–Crippen MR) is 77.5 cm³/mol. The summed E-state index contributed by atoms with van der Waals surface area (Å²) in [6.45, 7) is 12.0. The van der Waals surface area contributed by atoms with Crippen molar-refractivity contribution >= 4 is 0 Å². The zero-order valence-electron chi connectivity index (χ0n) is 12.3. The second-order valence-electron chi connectivity index (χ2n) is 4.54. The Morgan fingerprint density at radius 2 is 0.824 bits per heavy atom. The van der Waals surface area contributed by atoms with Crippen molar-refractivity contribution in [3.63, 3.8) is 0 Å². The van der Waals surface area contributed by atoms with Gasteiger partial charge in [0.25, 0.3) is 0 Å². The zero-order valence-corrected chi connectivity index (χ0v) is 14.0. The van der Waals surface area contributed by atoms with Gasteiger partial charge in [-0.1, -0.05) is 78.1 Å². The van der Waals surface area contributed by atoms with Crippen LogP contribution in [0.4, 0.5) is 0 Å². The summed E-state index contributed by atoms with van der Waals surface area (Å²) in [7, 11) is 0. The van der Waals surface area contributed by atoms with Gasteiger partial charge in [0, 0.05) is 0 Å². The Morgan fingerprint density at radius 3 is 1.06 bits per heavy atom. The topological polar surface area (TPSA) is 0 Å². The molecule has 0 fully saturated rings. The van der Waals surface area contributed by atoms with Crippen LogP contribution in [0.3, 0.4) is 0 Å². The van der Waals surface area contributed by atoms with Gasteiger partial charge in [-0.3, -0.25) is 0 Å². The van der Waals surface area contributed by atoms with E-state index in [1.165, 1.54) is 64.2 Å². The third kappa shape index (κ3) is 31.5. The van der Waals surface area contributed by atoms with Crippen molar-refractivity contribution in [1.29, 1.82) is 0 Å². The van der Waals surface area contributed by atoms with Crippen molar-refractivity contribution in [3.8, 4) is 0 Å². The van der Waals surface area contributed by atoms with Gasteiger partial charge in [0.05, 0.1) is 0 Å². The van der Waals surface area contributed by atoms with Gasteiger partial charge in [-0.05, 0) is 0 Å². The first-order valence-electron chi connectivity index (χ1n) is 7.41. The van der Waals surface area contributed by atoms with Gasteiger partial charge in [-0.15, -0.1) is 0 Å². The summed E-state index contributed by atoms with van der Waals surface area (Å²) in [5.74, 6) is 0. The summed E-state index contributed by atoms with van der Waals surface area (Å²) in [6.07, 6.45) is 16.0. The zero-order chi connectivity index (χ0) is 12.5. The van der Waals surface area contributed by atoms with Crippen molar-refractivity contribution in [1.82, 2.24) is 0 Å². The fraction of sp³-hybridized carbons (Fsp3) is 0.875. The van der Waals surface area contributed by atoms with Crippen molar-refractivity contribution in [2.45, 2.75) is 90.9 Å². The van der Waals surface area contributed by atoms with E-state index >= 15 is 0 Å². The second-order valence-corrected chi connectivity index (χ2v) is 4.54. The Kier molecular flexibility index (Phi) is 34.1.